The van der Waals surface area contributed by atoms with Crippen LogP contribution in [0.1, 0.15) is 23.3 Å². The van der Waals surface area contributed by atoms with Crippen LogP contribution in [0.5, 0.6) is 0 Å². The summed E-state index contributed by atoms with van der Waals surface area (Å²) in [6.45, 7) is 7.14. The van der Waals surface area contributed by atoms with Crippen molar-refractivity contribution in [2.45, 2.75) is 19.9 Å². The number of nitrogens with zero attached hydrogens (tertiary/aromatic N) is 4. The second-order valence-electron chi connectivity index (χ2n) is 5.27. The molecule has 1 aliphatic rings. The van der Waals surface area contributed by atoms with Gasteiger partial charge in [-0.15, -0.1) is 0 Å². The third-order valence-electron chi connectivity index (χ3n) is 3.94. The molecular weight excluding hydrogens is 244 g/mol. The zero-order valence-electron chi connectivity index (χ0n) is 12.1. The summed E-state index contributed by atoms with van der Waals surface area (Å²) in [6.07, 6.45) is 0. The van der Waals surface area contributed by atoms with E-state index in [-0.39, 0.29) is 0 Å². The summed E-state index contributed by atoms with van der Waals surface area (Å²) in [7, 11) is 3.95. The highest BCUT2D eigenvalue weighted by molar-refractivity contribution is 5.75. The van der Waals surface area contributed by atoms with Crippen LogP contribution >= 0.6 is 0 Å². The number of hydrogen-bond acceptors (Lipinski definition) is 4. The first kappa shape index (κ1) is 14.0. The quantitative estimate of drug-likeness (QED) is 0.858. The molecule has 1 unspecified atom stereocenters. The molecule has 0 spiro atoms. The molecule has 19 heavy (non-hydrogen) atoms. The Labute approximate surface area is 113 Å². The molecule has 2 heterocycles. The van der Waals surface area contributed by atoms with E-state index < -0.39 is 12.0 Å². The van der Waals surface area contributed by atoms with Crippen molar-refractivity contribution in [3.05, 3.63) is 17.2 Å². The zero-order chi connectivity index (χ0) is 14.2. The van der Waals surface area contributed by atoms with E-state index in [2.05, 4.69) is 16.9 Å². The molecule has 0 aromatic carbocycles. The van der Waals surface area contributed by atoms with Crippen LogP contribution in [0.3, 0.4) is 0 Å². The van der Waals surface area contributed by atoms with Crippen molar-refractivity contribution >= 4 is 5.97 Å². The van der Waals surface area contributed by atoms with E-state index in [4.69, 9.17) is 0 Å². The smallest absolute Gasteiger partial charge is 0.327 e. The van der Waals surface area contributed by atoms with Gasteiger partial charge in [-0.2, -0.15) is 0 Å². The van der Waals surface area contributed by atoms with Crippen LogP contribution in [-0.4, -0.2) is 63.7 Å². The van der Waals surface area contributed by atoms with Crippen LogP contribution < -0.4 is 0 Å². The van der Waals surface area contributed by atoms with Gasteiger partial charge in [0, 0.05) is 33.2 Å². The number of aliphatic carboxylic acids is 1. The largest absolute Gasteiger partial charge is 0.480 e. The fourth-order valence-electron chi connectivity index (χ4n) is 2.70. The molecule has 0 amide bonds. The lowest BCUT2D eigenvalue weighted by molar-refractivity contribution is -0.144. The van der Waals surface area contributed by atoms with Crippen LogP contribution in [0.25, 0.3) is 0 Å². The van der Waals surface area contributed by atoms with Gasteiger partial charge in [-0.25, -0.2) is 4.98 Å². The Morgan fingerprint density at radius 3 is 2.21 bits per heavy atom. The Morgan fingerprint density at radius 1 is 1.21 bits per heavy atom. The molecule has 1 aromatic heterocycles. The van der Waals surface area contributed by atoms with Gasteiger partial charge < -0.3 is 14.6 Å². The molecule has 106 valence electrons. The van der Waals surface area contributed by atoms with E-state index in [1.807, 2.05) is 30.4 Å². The van der Waals surface area contributed by atoms with E-state index in [1.165, 1.54) is 0 Å². The van der Waals surface area contributed by atoms with Gasteiger partial charge in [0.1, 0.15) is 5.82 Å². The molecule has 6 nitrogen and oxygen atoms in total. The molecule has 0 aliphatic carbocycles. The van der Waals surface area contributed by atoms with E-state index in [9.17, 15) is 9.90 Å². The maximum atomic E-state index is 11.7. The van der Waals surface area contributed by atoms with Gasteiger partial charge >= 0.3 is 5.97 Å². The highest BCUT2D eigenvalue weighted by Gasteiger charge is 2.33. The van der Waals surface area contributed by atoms with Crippen molar-refractivity contribution in [3.63, 3.8) is 0 Å². The summed E-state index contributed by atoms with van der Waals surface area (Å²) in [6, 6.07) is -0.597. The summed E-state index contributed by atoms with van der Waals surface area (Å²) in [5, 5.41) is 9.61. The molecule has 0 saturated carbocycles. The first-order valence-corrected chi connectivity index (χ1v) is 6.57. The average Bonchev–Trinajstić information content (AvgIpc) is 2.58. The fourth-order valence-corrected chi connectivity index (χ4v) is 2.70. The Bertz CT molecular complexity index is 475. The summed E-state index contributed by atoms with van der Waals surface area (Å²) in [5.74, 6) is 0.0588. The number of aromatic nitrogens is 2. The van der Waals surface area contributed by atoms with Crippen molar-refractivity contribution in [2.24, 2.45) is 7.05 Å². The number of piperazine rings is 1. The molecule has 2 rings (SSSR count). The first-order valence-electron chi connectivity index (χ1n) is 6.57. The highest BCUT2D eigenvalue weighted by Crippen LogP contribution is 2.25. The van der Waals surface area contributed by atoms with Gasteiger partial charge in [0.15, 0.2) is 6.04 Å². The number of carbonyl (C=O) groups is 1. The number of carboxylic acids is 1. The number of aryl methyl sites for hydroxylation is 2. The zero-order valence-corrected chi connectivity index (χ0v) is 12.1. The predicted octanol–water partition coefficient (Wildman–Crippen LogP) is 0.410. The van der Waals surface area contributed by atoms with Gasteiger partial charge in [-0.3, -0.25) is 9.69 Å². The van der Waals surface area contributed by atoms with Crippen LogP contribution in [0.2, 0.25) is 0 Å². The molecular formula is C13H22N4O2. The van der Waals surface area contributed by atoms with E-state index in [0.717, 1.165) is 43.4 Å². The van der Waals surface area contributed by atoms with Crippen molar-refractivity contribution in [2.75, 3.05) is 33.2 Å². The first-order chi connectivity index (χ1) is 8.91. The van der Waals surface area contributed by atoms with Crippen molar-refractivity contribution in [3.8, 4) is 0 Å². The monoisotopic (exact) mass is 266 g/mol. The Balaban J connectivity index is 2.33. The third-order valence-corrected chi connectivity index (χ3v) is 3.94. The fraction of sp³-hybridized carbons (Fsp3) is 0.692. The molecule has 1 N–H and O–H groups in total. The summed E-state index contributed by atoms with van der Waals surface area (Å²) >= 11 is 0. The van der Waals surface area contributed by atoms with Gasteiger partial charge in [-0.05, 0) is 20.9 Å². The normalized spacial score (nSPS) is 19.6. The Kier molecular flexibility index (Phi) is 3.91. The second-order valence-corrected chi connectivity index (χ2v) is 5.27. The minimum absolute atomic E-state index is 0.597. The summed E-state index contributed by atoms with van der Waals surface area (Å²) < 4.78 is 1.90. The minimum Gasteiger partial charge on any atom is -0.480 e. The standard InChI is InChI=1S/C13H22N4O2/c1-9-11(16(4)10(2)14-9)12(13(18)19)17-7-5-15(3)6-8-17/h12H,5-8H2,1-4H3,(H,18,19). The van der Waals surface area contributed by atoms with Crippen molar-refractivity contribution < 1.29 is 9.90 Å². The number of carboxylic acid groups (broad SMARTS) is 1. The average molecular weight is 266 g/mol. The molecule has 1 aromatic rings. The van der Waals surface area contributed by atoms with Gasteiger partial charge in [0.05, 0.1) is 11.4 Å². The Morgan fingerprint density at radius 2 is 1.79 bits per heavy atom. The maximum absolute atomic E-state index is 11.7. The lowest BCUT2D eigenvalue weighted by Crippen LogP contribution is -2.48. The molecule has 1 fully saturated rings. The highest BCUT2D eigenvalue weighted by atomic mass is 16.4. The lowest BCUT2D eigenvalue weighted by Gasteiger charge is -2.36. The van der Waals surface area contributed by atoms with Gasteiger partial charge in [0.2, 0.25) is 0 Å². The summed E-state index contributed by atoms with van der Waals surface area (Å²) in [5.41, 5.74) is 1.61. The molecule has 0 bridgehead atoms. The van der Waals surface area contributed by atoms with E-state index >= 15 is 0 Å². The predicted molar refractivity (Wildman–Crippen MR) is 72.1 cm³/mol. The molecule has 1 aliphatic heterocycles. The summed E-state index contributed by atoms with van der Waals surface area (Å²) in [4.78, 5) is 20.3. The molecule has 1 atom stereocenters. The second kappa shape index (κ2) is 5.30. The van der Waals surface area contributed by atoms with Crippen molar-refractivity contribution in [1.82, 2.24) is 19.4 Å². The van der Waals surface area contributed by atoms with E-state index in [1.54, 1.807) is 0 Å². The lowest BCUT2D eigenvalue weighted by atomic mass is 10.1. The van der Waals surface area contributed by atoms with Crippen molar-refractivity contribution in [1.29, 1.82) is 0 Å². The minimum atomic E-state index is -0.796. The number of rotatable bonds is 3. The van der Waals surface area contributed by atoms with Crippen LogP contribution in [0, 0.1) is 13.8 Å². The molecule has 0 radical (unpaired) electrons. The van der Waals surface area contributed by atoms with E-state index in [0.29, 0.717) is 0 Å². The van der Waals surface area contributed by atoms with Crippen LogP contribution in [0.15, 0.2) is 0 Å². The third kappa shape index (κ3) is 2.64. The SMILES string of the molecule is Cc1nc(C)n(C)c1C(C(=O)O)N1CCN(C)CC1. The molecule has 1 saturated heterocycles. The van der Waals surface area contributed by atoms with Gasteiger partial charge in [-0.1, -0.05) is 0 Å². The van der Waals surface area contributed by atoms with Gasteiger partial charge in [0.25, 0.3) is 0 Å². The number of imidazole rings is 1. The number of hydrogen-bond donors (Lipinski definition) is 1. The number of likely N-dealkylation sites (N-methyl/N-ethyl adjacent to an activating group) is 1. The maximum Gasteiger partial charge on any atom is 0.327 e. The van der Waals surface area contributed by atoms with Crippen LogP contribution in [-0.2, 0) is 11.8 Å². The van der Waals surface area contributed by atoms with Crippen LogP contribution in [0.4, 0.5) is 0 Å². The Hall–Kier alpha value is -1.40. The molecule has 6 heteroatoms. The topological polar surface area (TPSA) is 61.6 Å².